The molecule has 0 saturated heterocycles. The van der Waals surface area contributed by atoms with Gasteiger partial charge in [-0.1, -0.05) is 11.6 Å². The molecule has 0 radical (unpaired) electrons. The molecule has 6 heteroatoms. The highest BCUT2D eigenvalue weighted by Crippen LogP contribution is 2.33. The van der Waals surface area contributed by atoms with Gasteiger partial charge in [-0.3, -0.25) is 0 Å². The van der Waals surface area contributed by atoms with Gasteiger partial charge < -0.3 is 10.5 Å². The van der Waals surface area contributed by atoms with Gasteiger partial charge >= 0.3 is 0 Å². The Bertz CT molecular complexity index is 581. The second-order valence-electron chi connectivity index (χ2n) is 4.21. The largest absolute Gasteiger partial charge is 0.493 e. The van der Waals surface area contributed by atoms with Gasteiger partial charge in [-0.05, 0) is 17.7 Å². The lowest BCUT2D eigenvalue weighted by atomic mass is 10.1. The molecule has 0 saturated carbocycles. The van der Waals surface area contributed by atoms with Gasteiger partial charge in [0, 0.05) is 17.0 Å². The van der Waals surface area contributed by atoms with Crippen molar-refractivity contribution in [3.8, 4) is 5.75 Å². The van der Waals surface area contributed by atoms with Crippen molar-refractivity contribution in [3.63, 3.8) is 0 Å². The Morgan fingerprint density at radius 3 is 3.11 bits per heavy atom. The first-order chi connectivity index (χ1) is 8.76. The van der Waals surface area contributed by atoms with Crippen LogP contribution < -0.4 is 10.5 Å². The number of hydrogen-bond acceptors (Lipinski definition) is 4. The summed E-state index contributed by atoms with van der Waals surface area (Å²) in [5, 5.41) is 4.99. The van der Waals surface area contributed by atoms with E-state index in [4.69, 9.17) is 22.1 Å². The molecule has 5 nitrogen and oxygen atoms in total. The average molecular weight is 265 g/mol. The molecule has 0 amide bonds. The highest BCUT2D eigenvalue weighted by molar-refractivity contribution is 6.30. The van der Waals surface area contributed by atoms with E-state index in [1.165, 1.54) is 0 Å². The summed E-state index contributed by atoms with van der Waals surface area (Å²) in [5.74, 6) is 1.57. The highest BCUT2D eigenvalue weighted by Gasteiger charge is 2.18. The maximum absolute atomic E-state index is 6.11. The van der Waals surface area contributed by atoms with Crippen LogP contribution in [0.15, 0.2) is 18.5 Å². The van der Waals surface area contributed by atoms with Crippen molar-refractivity contribution < 1.29 is 4.74 Å². The standard InChI is InChI=1S/C12H13ClN4O/c13-10-3-8-1-2-18-12(8)9(4-10)6-17-7-15-11(5-14)16-17/h3-4,7H,1-2,5-6,14H2. The number of nitrogens with zero attached hydrogens (tertiary/aromatic N) is 3. The van der Waals surface area contributed by atoms with Crippen LogP contribution in [0, 0.1) is 0 Å². The van der Waals surface area contributed by atoms with Crippen LogP contribution in [0.2, 0.25) is 5.02 Å². The quantitative estimate of drug-likeness (QED) is 0.909. The van der Waals surface area contributed by atoms with Gasteiger partial charge in [-0.15, -0.1) is 0 Å². The highest BCUT2D eigenvalue weighted by atomic mass is 35.5. The van der Waals surface area contributed by atoms with E-state index in [9.17, 15) is 0 Å². The number of ether oxygens (including phenoxy) is 1. The molecule has 0 unspecified atom stereocenters. The summed E-state index contributed by atoms with van der Waals surface area (Å²) in [7, 11) is 0. The Balaban J connectivity index is 1.92. The lowest BCUT2D eigenvalue weighted by molar-refractivity contribution is 0.352. The number of hydrogen-bond donors (Lipinski definition) is 1. The van der Waals surface area contributed by atoms with Gasteiger partial charge in [0.05, 0.1) is 19.7 Å². The molecule has 1 aliphatic heterocycles. The van der Waals surface area contributed by atoms with Crippen molar-refractivity contribution in [1.29, 1.82) is 0 Å². The minimum absolute atomic E-state index is 0.344. The van der Waals surface area contributed by atoms with Crippen molar-refractivity contribution in [1.82, 2.24) is 14.8 Å². The van der Waals surface area contributed by atoms with E-state index in [0.29, 0.717) is 25.5 Å². The number of aromatic nitrogens is 3. The van der Waals surface area contributed by atoms with Crippen LogP contribution in [-0.2, 0) is 19.5 Å². The third kappa shape index (κ3) is 2.07. The summed E-state index contributed by atoms with van der Waals surface area (Å²) >= 11 is 6.11. The zero-order valence-corrected chi connectivity index (χ0v) is 10.5. The molecule has 0 bridgehead atoms. The normalized spacial score (nSPS) is 13.4. The minimum Gasteiger partial charge on any atom is -0.493 e. The van der Waals surface area contributed by atoms with Crippen LogP contribution in [0.4, 0.5) is 0 Å². The van der Waals surface area contributed by atoms with Crippen molar-refractivity contribution in [2.24, 2.45) is 5.73 Å². The van der Waals surface area contributed by atoms with Crippen molar-refractivity contribution in [2.45, 2.75) is 19.5 Å². The molecule has 0 atom stereocenters. The van der Waals surface area contributed by atoms with Crippen LogP contribution in [0.1, 0.15) is 17.0 Å². The first-order valence-corrected chi connectivity index (χ1v) is 6.16. The van der Waals surface area contributed by atoms with Crippen LogP contribution in [0.3, 0.4) is 0 Å². The topological polar surface area (TPSA) is 66.0 Å². The molecular formula is C12H13ClN4O. The predicted molar refractivity (Wildman–Crippen MR) is 67.7 cm³/mol. The first kappa shape index (κ1) is 11.5. The fourth-order valence-corrected chi connectivity index (χ4v) is 2.40. The summed E-state index contributed by atoms with van der Waals surface area (Å²) in [5.41, 5.74) is 7.68. The van der Waals surface area contributed by atoms with E-state index in [2.05, 4.69) is 10.1 Å². The lowest BCUT2D eigenvalue weighted by Crippen LogP contribution is -2.04. The van der Waals surface area contributed by atoms with Gasteiger partial charge in [-0.25, -0.2) is 9.67 Å². The maximum Gasteiger partial charge on any atom is 0.164 e. The Labute approximate surface area is 110 Å². The van der Waals surface area contributed by atoms with Gasteiger partial charge in [-0.2, -0.15) is 5.10 Å². The number of nitrogens with two attached hydrogens (primary N) is 1. The predicted octanol–water partition coefficient (Wildman–Crippen LogP) is 1.37. The fourth-order valence-electron chi connectivity index (χ4n) is 2.14. The zero-order chi connectivity index (χ0) is 12.5. The molecule has 2 aromatic rings. The SMILES string of the molecule is NCc1ncn(Cc2cc(Cl)cc3c2OCC3)n1. The second-order valence-corrected chi connectivity index (χ2v) is 4.65. The van der Waals surface area contributed by atoms with E-state index in [0.717, 1.165) is 28.3 Å². The minimum atomic E-state index is 0.344. The van der Waals surface area contributed by atoms with Crippen LogP contribution in [0.25, 0.3) is 0 Å². The van der Waals surface area contributed by atoms with Gasteiger partial charge in [0.1, 0.15) is 12.1 Å². The molecule has 3 rings (SSSR count). The molecular weight excluding hydrogens is 252 g/mol. The van der Waals surface area contributed by atoms with E-state index < -0.39 is 0 Å². The molecule has 2 N–H and O–H groups in total. The number of benzene rings is 1. The van der Waals surface area contributed by atoms with Crippen molar-refractivity contribution in [2.75, 3.05) is 6.61 Å². The Morgan fingerprint density at radius 1 is 1.44 bits per heavy atom. The molecule has 0 spiro atoms. The smallest absolute Gasteiger partial charge is 0.164 e. The summed E-state index contributed by atoms with van der Waals surface area (Å²) in [4.78, 5) is 4.10. The zero-order valence-electron chi connectivity index (χ0n) is 9.77. The van der Waals surface area contributed by atoms with Gasteiger partial charge in [0.15, 0.2) is 5.82 Å². The third-order valence-corrected chi connectivity index (χ3v) is 3.14. The Morgan fingerprint density at radius 2 is 2.33 bits per heavy atom. The Kier molecular flexibility index (Phi) is 2.93. The summed E-state index contributed by atoms with van der Waals surface area (Å²) in [6.45, 7) is 1.65. The molecule has 94 valence electrons. The molecule has 1 aromatic heterocycles. The molecule has 18 heavy (non-hydrogen) atoms. The summed E-state index contributed by atoms with van der Waals surface area (Å²) < 4.78 is 7.39. The number of fused-ring (bicyclic) bond motifs is 1. The van der Waals surface area contributed by atoms with E-state index in [1.807, 2.05) is 12.1 Å². The third-order valence-electron chi connectivity index (χ3n) is 2.92. The number of rotatable bonds is 3. The van der Waals surface area contributed by atoms with Crippen LogP contribution >= 0.6 is 11.6 Å². The van der Waals surface area contributed by atoms with Crippen LogP contribution in [-0.4, -0.2) is 21.4 Å². The average Bonchev–Trinajstić information content (AvgIpc) is 2.97. The van der Waals surface area contributed by atoms with E-state index in [1.54, 1.807) is 11.0 Å². The molecule has 0 fully saturated rings. The monoisotopic (exact) mass is 264 g/mol. The summed E-state index contributed by atoms with van der Waals surface area (Å²) in [6.07, 6.45) is 2.58. The van der Waals surface area contributed by atoms with Crippen molar-refractivity contribution >= 4 is 11.6 Å². The molecule has 2 heterocycles. The van der Waals surface area contributed by atoms with Gasteiger partial charge in [0.25, 0.3) is 0 Å². The fraction of sp³-hybridized carbons (Fsp3) is 0.333. The molecule has 1 aliphatic rings. The summed E-state index contributed by atoms with van der Waals surface area (Å²) in [6, 6.07) is 3.87. The molecule has 1 aromatic carbocycles. The lowest BCUT2D eigenvalue weighted by Gasteiger charge is -2.08. The second kappa shape index (κ2) is 4.59. The number of halogens is 1. The van der Waals surface area contributed by atoms with E-state index in [-0.39, 0.29) is 0 Å². The molecule has 0 aliphatic carbocycles. The van der Waals surface area contributed by atoms with E-state index >= 15 is 0 Å². The van der Waals surface area contributed by atoms with Crippen molar-refractivity contribution in [3.05, 3.63) is 40.4 Å². The maximum atomic E-state index is 6.11. The Hall–Kier alpha value is -1.59. The van der Waals surface area contributed by atoms with Gasteiger partial charge in [0.2, 0.25) is 0 Å². The first-order valence-electron chi connectivity index (χ1n) is 5.79. The van der Waals surface area contributed by atoms with Crippen LogP contribution in [0.5, 0.6) is 5.75 Å².